The highest BCUT2D eigenvalue weighted by Gasteiger charge is 2.40. The van der Waals surface area contributed by atoms with Gasteiger partial charge < -0.3 is 9.64 Å². The van der Waals surface area contributed by atoms with E-state index in [1.54, 1.807) is 43.4 Å². The minimum absolute atomic E-state index is 0.141. The Kier molecular flexibility index (Phi) is 6.34. The zero-order valence-corrected chi connectivity index (χ0v) is 17.3. The van der Waals surface area contributed by atoms with Gasteiger partial charge >= 0.3 is 5.97 Å². The Morgan fingerprint density at radius 3 is 2.41 bits per heavy atom. The van der Waals surface area contributed by atoms with E-state index >= 15 is 0 Å². The molecule has 1 aliphatic heterocycles. The lowest BCUT2D eigenvalue weighted by atomic mass is 10.2. The molecule has 0 aromatic heterocycles. The molecule has 1 aliphatic rings. The van der Waals surface area contributed by atoms with Crippen molar-refractivity contribution in [3.63, 3.8) is 0 Å². The fraction of sp³-hybridized carbons (Fsp3) is 0.333. The van der Waals surface area contributed by atoms with E-state index in [-0.39, 0.29) is 11.4 Å². The number of anilines is 1. The van der Waals surface area contributed by atoms with Crippen LogP contribution < -0.4 is 4.90 Å². The number of benzene rings is 2. The third-order valence-corrected chi connectivity index (χ3v) is 6.88. The average molecular weight is 416 g/mol. The van der Waals surface area contributed by atoms with Crippen LogP contribution in [0.4, 0.5) is 5.69 Å². The number of hydrogen-bond donors (Lipinski definition) is 0. The van der Waals surface area contributed by atoms with Gasteiger partial charge in [-0.15, -0.1) is 0 Å². The van der Waals surface area contributed by atoms with Crippen LogP contribution in [0.2, 0.25) is 0 Å². The van der Waals surface area contributed by atoms with Crippen molar-refractivity contribution in [1.29, 1.82) is 0 Å². The van der Waals surface area contributed by atoms with Gasteiger partial charge in [0, 0.05) is 19.3 Å². The summed E-state index contributed by atoms with van der Waals surface area (Å²) in [7, 11) is -2.22. The first-order valence-electron chi connectivity index (χ1n) is 9.37. The highest BCUT2D eigenvalue weighted by Crippen LogP contribution is 2.27. The van der Waals surface area contributed by atoms with Crippen LogP contribution in [-0.4, -0.2) is 50.8 Å². The van der Waals surface area contributed by atoms with Crippen LogP contribution >= 0.6 is 0 Å². The number of hydrogen-bond acceptors (Lipinski definition) is 5. The van der Waals surface area contributed by atoms with Crippen molar-refractivity contribution < 1.29 is 22.7 Å². The number of aryl methyl sites for hydroxylation is 1. The summed E-state index contributed by atoms with van der Waals surface area (Å²) in [6.45, 7) is 1.67. The van der Waals surface area contributed by atoms with E-state index in [0.29, 0.717) is 18.5 Å². The number of para-hydroxylation sites is 1. The second-order valence-electron chi connectivity index (χ2n) is 6.98. The largest absolute Gasteiger partial charge is 0.454 e. The van der Waals surface area contributed by atoms with Crippen molar-refractivity contribution in [3.05, 3.63) is 60.2 Å². The molecule has 0 unspecified atom stereocenters. The monoisotopic (exact) mass is 416 g/mol. The van der Waals surface area contributed by atoms with Crippen LogP contribution in [0.15, 0.2) is 59.5 Å². The zero-order valence-electron chi connectivity index (χ0n) is 16.4. The molecule has 0 saturated carbocycles. The Hall–Kier alpha value is -2.71. The molecule has 0 aliphatic carbocycles. The zero-order chi connectivity index (χ0) is 21.0. The SMILES string of the molecule is Cc1ccc(S(=O)(=O)N2CCC[C@H]2C(=O)OCC(=O)N(C)c2ccccc2)cc1. The van der Waals surface area contributed by atoms with Gasteiger partial charge in [0.2, 0.25) is 10.0 Å². The molecule has 1 atom stereocenters. The van der Waals surface area contributed by atoms with Gasteiger partial charge in [-0.25, -0.2) is 8.42 Å². The Bertz CT molecular complexity index is 974. The highest BCUT2D eigenvalue weighted by atomic mass is 32.2. The molecule has 8 heteroatoms. The summed E-state index contributed by atoms with van der Waals surface area (Å²) in [5.74, 6) is -1.09. The van der Waals surface area contributed by atoms with E-state index in [1.807, 2.05) is 13.0 Å². The quantitative estimate of drug-likeness (QED) is 0.675. The first kappa shape index (κ1) is 21.0. The summed E-state index contributed by atoms with van der Waals surface area (Å²) in [6.07, 6.45) is 0.926. The van der Waals surface area contributed by atoms with Gasteiger partial charge in [0.1, 0.15) is 6.04 Å². The second kappa shape index (κ2) is 8.75. The number of amides is 1. The summed E-state index contributed by atoms with van der Waals surface area (Å²) in [5, 5.41) is 0. The van der Waals surface area contributed by atoms with Gasteiger partial charge in [-0.05, 0) is 44.0 Å². The summed E-state index contributed by atoms with van der Waals surface area (Å²) in [4.78, 5) is 26.4. The third kappa shape index (κ3) is 4.65. The molecule has 3 rings (SSSR count). The van der Waals surface area contributed by atoms with Crippen molar-refractivity contribution in [2.45, 2.75) is 30.7 Å². The lowest BCUT2D eigenvalue weighted by Crippen LogP contribution is -2.42. The summed E-state index contributed by atoms with van der Waals surface area (Å²) in [5.41, 5.74) is 1.63. The number of likely N-dealkylation sites (N-methyl/N-ethyl adjacent to an activating group) is 1. The van der Waals surface area contributed by atoms with Crippen LogP contribution in [0.3, 0.4) is 0 Å². The maximum absolute atomic E-state index is 12.9. The smallest absolute Gasteiger partial charge is 0.324 e. The van der Waals surface area contributed by atoms with Gasteiger partial charge in [0.25, 0.3) is 5.91 Å². The Labute approximate surface area is 170 Å². The molecular weight excluding hydrogens is 392 g/mol. The third-order valence-electron chi connectivity index (χ3n) is 4.96. The summed E-state index contributed by atoms with van der Waals surface area (Å²) < 4.78 is 32.2. The van der Waals surface area contributed by atoms with Gasteiger partial charge in [0.15, 0.2) is 6.61 Å². The van der Waals surface area contributed by atoms with E-state index in [9.17, 15) is 18.0 Å². The van der Waals surface area contributed by atoms with Crippen molar-refractivity contribution in [2.24, 2.45) is 0 Å². The molecule has 7 nitrogen and oxygen atoms in total. The molecule has 0 N–H and O–H groups in total. The average Bonchev–Trinajstić information content (AvgIpc) is 3.23. The molecule has 29 heavy (non-hydrogen) atoms. The fourth-order valence-electron chi connectivity index (χ4n) is 3.23. The van der Waals surface area contributed by atoms with E-state index in [2.05, 4.69) is 0 Å². The molecule has 1 fully saturated rings. The minimum atomic E-state index is -3.81. The lowest BCUT2D eigenvalue weighted by molar-refractivity contribution is -0.151. The van der Waals surface area contributed by atoms with Crippen molar-refractivity contribution in [1.82, 2.24) is 4.31 Å². The fourth-order valence-corrected chi connectivity index (χ4v) is 4.88. The molecule has 1 heterocycles. The van der Waals surface area contributed by atoms with E-state index < -0.39 is 34.5 Å². The number of rotatable bonds is 6. The predicted octanol–water partition coefficient (Wildman–Crippen LogP) is 2.35. The molecule has 154 valence electrons. The highest BCUT2D eigenvalue weighted by molar-refractivity contribution is 7.89. The maximum Gasteiger partial charge on any atom is 0.324 e. The normalized spacial score (nSPS) is 17.1. The molecule has 0 radical (unpaired) electrons. The Morgan fingerprint density at radius 2 is 1.76 bits per heavy atom. The van der Waals surface area contributed by atoms with Crippen LogP contribution in [0.5, 0.6) is 0 Å². The summed E-state index contributed by atoms with van der Waals surface area (Å²) in [6, 6.07) is 14.6. The van der Waals surface area contributed by atoms with E-state index in [4.69, 9.17) is 4.74 Å². The molecule has 2 aromatic rings. The lowest BCUT2D eigenvalue weighted by Gasteiger charge is -2.23. The molecule has 1 amide bonds. The number of nitrogens with zero attached hydrogens (tertiary/aromatic N) is 2. The number of ether oxygens (including phenoxy) is 1. The summed E-state index contributed by atoms with van der Waals surface area (Å²) >= 11 is 0. The Morgan fingerprint density at radius 1 is 1.10 bits per heavy atom. The molecule has 0 bridgehead atoms. The van der Waals surface area contributed by atoms with Crippen LogP contribution in [0.1, 0.15) is 18.4 Å². The van der Waals surface area contributed by atoms with Crippen LogP contribution in [0, 0.1) is 6.92 Å². The number of carbonyl (C=O) groups excluding carboxylic acids is 2. The Balaban J connectivity index is 1.65. The number of esters is 1. The molecule has 1 saturated heterocycles. The first-order valence-corrected chi connectivity index (χ1v) is 10.8. The van der Waals surface area contributed by atoms with Gasteiger partial charge in [0.05, 0.1) is 4.90 Å². The minimum Gasteiger partial charge on any atom is -0.454 e. The van der Waals surface area contributed by atoms with Crippen molar-refractivity contribution in [2.75, 3.05) is 25.1 Å². The predicted molar refractivity (Wildman–Crippen MR) is 109 cm³/mol. The van der Waals surface area contributed by atoms with E-state index in [0.717, 1.165) is 5.56 Å². The van der Waals surface area contributed by atoms with Crippen LogP contribution in [0.25, 0.3) is 0 Å². The van der Waals surface area contributed by atoms with E-state index in [1.165, 1.54) is 21.3 Å². The van der Waals surface area contributed by atoms with Crippen LogP contribution in [-0.2, 0) is 24.3 Å². The van der Waals surface area contributed by atoms with Gasteiger partial charge in [-0.3, -0.25) is 9.59 Å². The number of sulfonamides is 1. The second-order valence-corrected chi connectivity index (χ2v) is 8.87. The molecule has 0 spiro atoms. The molecule has 2 aromatic carbocycles. The standard InChI is InChI=1S/C21H24N2O5S/c1-16-10-12-18(13-11-16)29(26,27)23-14-6-9-19(23)21(25)28-15-20(24)22(2)17-7-4-3-5-8-17/h3-5,7-8,10-13,19H,6,9,14-15H2,1-2H3/t19-/m0/s1. The van der Waals surface area contributed by atoms with Crippen molar-refractivity contribution in [3.8, 4) is 0 Å². The van der Waals surface area contributed by atoms with Gasteiger partial charge in [-0.2, -0.15) is 4.31 Å². The number of carbonyl (C=O) groups is 2. The first-order chi connectivity index (χ1) is 13.8. The van der Waals surface area contributed by atoms with Crippen molar-refractivity contribution >= 4 is 27.6 Å². The maximum atomic E-state index is 12.9. The molecular formula is C21H24N2O5S. The topological polar surface area (TPSA) is 84.0 Å². The van der Waals surface area contributed by atoms with Gasteiger partial charge in [-0.1, -0.05) is 35.9 Å².